The largest absolute Gasteiger partial charge is 0.459 e. The van der Waals surface area contributed by atoms with Crippen molar-refractivity contribution in [3.63, 3.8) is 0 Å². The number of thiazole rings is 1. The van der Waals surface area contributed by atoms with Gasteiger partial charge in [-0.25, -0.2) is 25.5 Å². The number of ether oxygens (including phenoxy) is 8. The van der Waals surface area contributed by atoms with E-state index in [4.69, 9.17) is 48.5 Å². The quantitative estimate of drug-likeness (QED) is 0.0487. The average Bonchev–Trinajstić information content (AvgIpc) is 3.74. The van der Waals surface area contributed by atoms with Crippen molar-refractivity contribution in [1.82, 2.24) is 25.7 Å². The molecule has 4 heterocycles. The number of aliphatic hydroxyl groups is 4. The Morgan fingerprint density at radius 2 is 1.65 bits per heavy atom. The maximum atomic E-state index is 14.6. The Morgan fingerprint density at radius 1 is 1.01 bits per heavy atom. The first-order valence-corrected chi connectivity index (χ1v) is 26.8. The molecule has 0 saturated carbocycles. The summed E-state index contributed by atoms with van der Waals surface area (Å²) in [6.45, 7) is 25.7. The summed E-state index contributed by atoms with van der Waals surface area (Å²) in [5.74, 6) is -3.81. The summed E-state index contributed by atoms with van der Waals surface area (Å²) in [5, 5.41) is 54.1. The molecule has 3 aliphatic heterocycles. The summed E-state index contributed by atoms with van der Waals surface area (Å²) in [4.78, 5) is 54.9. The molecule has 0 unspecified atom stereocenters. The second-order valence-corrected chi connectivity index (χ2v) is 24.3. The minimum absolute atomic E-state index is 0.0628. The Bertz CT molecular complexity index is 2070. The first kappa shape index (κ1) is 64.2. The number of esters is 2. The lowest BCUT2D eigenvalue weighted by atomic mass is 9.77. The minimum Gasteiger partial charge on any atom is -0.459 e. The molecule has 0 aliphatic carbocycles. The van der Waals surface area contributed by atoms with Crippen LogP contribution in [0.25, 0.3) is 0 Å². The normalized spacial score (nSPS) is 38.5. The number of anilines is 1. The van der Waals surface area contributed by atoms with Crippen LogP contribution in [-0.4, -0.2) is 195 Å². The lowest BCUT2D eigenvalue weighted by molar-refractivity contribution is -0.317. The number of cyclic esters (lactones) is 1. The molecule has 3 saturated heterocycles. The number of hydrazone groups is 1. The zero-order valence-electron chi connectivity index (χ0n) is 47.7. The zero-order valence-corrected chi connectivity index (χ0v) is 48.6. The SMILES string of the molecule is CC[C@H]1OC(=O)[C@H](C)[C@@H](O[C@H]2C[C@@](C)(OC)[C@@H](OC(=O)N/N=C(\NOC(C)(C)C(=O)OC(C)(C)C)c3csc(N)n3)[C@H](C)O2)[C@H](C)[C@@H](O[C@@H]2O[C@H](C)C[C@H](N(C)C)[C@H]2O)[C@](C)(O)C[C@@H](C)CN(C)[C@H](C)[C@@H](O)[C@]1(C)O. The van der Waals surface area contributed by atoms with Gasteiger partial charge >= 0.3 is 18.0 Å². The van der Waals surface area contributed by atoms with Crippen molar-refractivity contribution >= 4 is 40.3 Å². The third kappa shape index (κ3) is 16.4. The lowest BCUT2D eigenvalue weighted by Gasteiger charge is -2.49. The van der Waals surface area contributed by atoms with Gasteiger partial charge in [0.05, 0.1) is 35.9 Å². The molecule has 0 spiro atoms. The number of hydrogen-bond donors (Lipinski definition) is 7. The van der Waals surface area contributed by atoms with Gasteiger partial charge in [0.2, 0.25) is 0 Å². The molecular weight excluding hydrogens is 999 g/mol. The number of hydroxylamine groups is 1. The van der Waals surface area contributed by atoms with E-state index < -0.39 is 119 Å². The van der Waals surface area contributed by atoms with Crippen LogP contribution in [0.15, 0.2) is 10.5 Å². The average molecular weight is 1090 g/mol. The summed E-state index contributed by atoms with van der Waals surface area (Å²) in [5.41, 5.74) is 3.85. The molecule has 0 bridgehead atoms. The van der Waals surface area contributed by atoms with Crippen molar-refractivity contribution < 1.29 is 77.5 Å². The molecule has 75 heavy (non-hydrogen) atoms. The molecule has 4 rings (SSSR count). The van der Waals surface area contributed by atoms with Gasteiger partial charge in [-0.3, -0.25) is 9.63 Å². The summed E-state index contributed by atoms with van der Waals surface area (Å²) < 4.78 is 50.1. The van der Waals surface area contributed by atoms with Crippen LogP contribution < -0.4 is 16.6 Å². The highest BCUT2D eigenvalue weighted by Gasteiger charge is 2.54. The van der Waals surface area contributed by atoms with Gasteiger partial charge in [0.25, 0.3) is 0 Å². The van der Waals surface area contributed by atoms with E-state index in [0.717, 1.165) is 11.3 Å². The Kier molecular flexibility index (Phi) is 21.9. The molecular formula is C51H91N7O16S. The van der Waals surface area contributed by atoms with Crippen molar-refractivity contribution in [2.75, 3.05) is 40.5 Å². The van der Waals surface area contributed by atoms with E-state index >= 15 is 0 Å². The van der Waals surface area contributed by atoms with Crippen LogP contribution in [0.3, 0.4) is 0 Å². The second kappa shape index (κ2) is 25.6. The number of nitrogens with two attached hydrogens (primary N) is 1. The maximum Gasteiger partial charge on any atom is 0.428 e. The van der Waals surface area contributed by atoms with E-state index in [1.54, 1.807) is 74.6 Å². The summed E-state index contributed by atoms with van der Waals surface area (Å²) in [6, 6.07) is -0.947. The molecule has 432 valence electrons. The smallest absolute Gasteiger partial charge is 0.428 e. The van der Waals surface area contributed by atoms with Crippen LogP contribution in [0.1, 0.15) is 135 Å². The van der Waals surface area contributed by atoms with E-state index in [2.05, 4.69) is 21.0 Å². The van der Waals surface area contributed by atoms with Gasteiger partial charge in [-0.1, -0.05) is 20.8 Å². The van der Waals surface area contributed by atoms with Gasteiger partial charge in [-0.15, -0.1) is 16.4 Å². The monoisotopic (exact) mass is 1090 g/mol. The van der Waals surface area contributed by atoms with Gasteiger partial charge in [0.1, 0.15) is 40.8 Å². The number of aliphatic hydroxyl groups excluding tert-OH is 2. The topological polar surface area (TPSA) is 297 Å². The number of carbonyl (C=O) groups is 3. The van der Waals surface area contributed by atoms with Crippen molar-refractivity contribution in [3.8, 4) is 0 Å². The molecule has 23 nitrogen and oxygen atoms in total. The number of nitrogens with one attached hydrogen (secondary N) is 2. The summed E-state index contributed by atoms with van der Waals surface area (Å²) >= 11 is 1.10. The molecule has 3 aliphatic rings. The highest BCUT2D eigenvalue weighted by Crippen LogP contribution is 2.41. The number of rotatable bonds is 13. The van der Waals surface area contributed by atoms with Crippen molar-refractivity contribution in [1.29, 1.82) is 0 Å². The van der Waals surface area contributed by atoms with Crippen molar-refractivity contribution in [2.45, 2.75) is 231 Å². The molecule has 0 radical (unpaired) electrons. The second-order valence-electron chi connectivity index (χ2n) is 23.4. The number of likely N-dealkylation sites (N-methyl/N-ethyl adjacent to an activating group) is 2. The van der Waals surface area contributed by atoms with Crippen molar-refractivity contribution in [3.05, 3.63) is 11.1 Å². The third-order valence-electron chi connectivity index (χ3n) is 14.7. The first-order chi connectivity index (χ1) is 34.5. The number of amides is 1. The standard InChI is InChI=1S/C51H91N7O16S/c1-20-34-51(15,65)38(60)30(6)58(18)24-26(2)22-49(13,64)39(71-43-36(59)33(57(16)17)21-27(3)67-43)28(4)37(29(5)42(61)69-34)70-35-23-50(14,66-19)40(31(7)68-35)72-46(63)55-54-41(32-25-75-45(52)53-32)56-74-48(11,12)44(62)73-47(8,9)10/h25-31,33-40,43,59-60,64-65H,20-24H2,1-19H3,(H2,52,53)(H,54,56)(H,55,63)/t26-,27-,28+,29-,30-,31+,33+,34-,35+,36-,37+,38-,39-,40+,43+,49-,50-,51-/m1/s1. The number of hydrogen-bond acceptors (Lipinski definition) is 22. The summed E-state index contributed by atoms with van der Waals surface area (Å²) in [7, 11) is 6.97. The van der Waals surface area contributed by atoms with E-state index in [9.17, 15) is 34.8 Å². The van der Waals surface area contributed by atoms with Gasteiger partial charge < -0.3 is 73.9 Å². The zero-order chi connectivity index (χ0) is 56.9. The van der Waals surface area contributed by atoms with E-state index in [-0.39, 0.29) is 54.0 Å². The summed E-state index contributed by atoms with van der Waals surface area (Å²) in [6.07, 6.45) is -10.9. The van der Waals surface area contributed by atoms with Crippen LogP contribution in [0, 0.1) is 17.8 Å². The molecule has 1 aromatic heterocycles. The molecule has 1 aromatic rings. The highest BCUT2D eigenvalue weighted by molar-refractivity contribution is 7.13. The Balaban J connectivity index is 1.71. The molecule has 1 amide bonds. The maximum absolute atomic E-state index is 14.6. The van der Waals surface area contributed by atoms with Crippen LogP contribution in [0.2, 0.25) is 0 Å². The Labute approximate surface area is 447 Å². The van der Waals surface area contributed by atoms with E-state index in [1.807, 2.05) is 44.8 Å². The Morgan fingerprint density at radius 3 is 2.21 bits per heavy atom. The fraction of sp³-hybridized carbons (Fsp3) is 0.863. The number of aromatic nitrogens is 1. The van der Waals surface area contributed by atoms with E-state index in [0.29, 0.717) is 13.0 Å². The van der Waals surface area contributed by atoms with Gasteiger partial charge in [0.15, 0.2) is 35.3 Å². The van der Waals surface area contributed by atoms with Crippen molar-refractivity contribution in [2.24, 2.45) is 22.9 Å². The molecule has 18 atom stereocenters. The third-order valence-corrected chi connectivity index (χ3v) is 15.4. The number of amidine groups is 1. The molecule has 24 heteroatoms. The number of carbonyl (C=O) groups excluding carboxylic acids is 3. The van der Waals surface area contributed by atoms with Crippen LogP contribution in [0.5, 0.6) is 0 Å². The minimum atomic E-state index is -1.89. The number of methoxy groups -OCH3 is 1. The fourth-order valence-corrected chi connectivity index (χ4v) is 10.9. The predicted octanol–water partition coefficient (Wildman–Crippen LogP) is 3.68. The van der Waals surface area contributed by atoms with Crippen LogP contribution in [0.4, 0.5) is 9.93 Å². The Hall–Kier alpha value is -3.37. The number of nitrogen functional groups attached to an aromatic ring is 1. The molecule has 3 fully saturated rings. The van der Waals surface area contributed by atoms with Crippen LogP contribution in [-0.2, 0) is 52.3 Å². The highest BCUT2D eigenvalue weighted by atomic mass is 32.1. The first-order valence-electron chi connectivity index (χ1n) is 26.0. The predicted molar refractivity (Wildman–Crippen MR) is 279 cm³/mol. The lowest BCUT2D eigenvalue weighted by Crippen LogP contribution is -2.61. The van der Waals surface area contributed by atoms with Gasteiger partial charge in [-0.05, 0) is 129 Å². The van der Waals surface area contributed by atoms with Gasteiger partial charge in [0, 0.05) is 43.5 Å². The van der Waals surface area contributed by atoms with Crippen LogP contribution >= 0.6 is 11.3 Å². The van der Waals surface area contributed by atoms with E-state index in [1.165, 1.54) is 27.9 Å². The molecule has 8 N–H and O–H groups in total. The molecule has 0 aromatic carbocycles. The number of nitrogens with zero attached hydrogens (tertiary/aromatic N) is 4. The fourth-order valence-electron chi connectivity index (χ4n) is 10.3. The van der Waals surface area contributed by atoms with Gasteiger partial charge in [-0.2, -0.15) is 0 Å².